The normalized spacial score (nSPS) is 16.1. The van der Waals surface area contributed by atoms with Crippen molar-refractivity contribution in [3.63, 3.8) is 0 Å². The number of rotatable bonds is 5. The zero-order chi connectivity index (χ0) is 12.3. The summed E-state index contributed by atoms with van der Waals surface area (Å²) in [6.45, 7) is 10.5. The molecule has 2 N–H and O–H groups in total. The zero-order valence-corrected chi connectivity index (χ0v) is 11.7. The molecule has 1 aromatic heterocycles. The lowest BCUT2D eigenvalue weighted by Gasteiger charge is -2.31. The van der Waals surface area contributed by atoms with Crippen LogP contribution >= 0.6 is 11.3 Å². The van der Waals surface area contributed by atoms with Crippen LogP contribution in [-0.2, 0) is 4.74 Å². The van der Waals surface area contributed by atoms with E-state index in [0.717, 1.165) is 6.42 Å². The summed E-state index contributed by atoms with van der Waals surface area (Å²) in [6.07, 6.45) is 0.995. The van der Waals surface area contributed by atoms with Crippen molar-refractivity contribution in [2.45, 2.75) is 58.8 Å². The highest BCUT2D eigenvalue weighted by molar-refractivity contribution is 7.12. The van der Waals surface area contributed by atoms with Crippen molar-refractivity contribution in [1.82, 2.24) is 0 Å². The maximum Gasteiger partial charge on any atom is 0.107 e. The first kappa shape index (κ1) is 13.7. The highest BCUT2D eigenvalue weighted by Gasteiger charge is 2.26. The van der Waals surface area contributed by atoms with Crippen LogP contribution in [0.3, 0.4) is 0 Å². The average molecular weight is 241 g/mol. The summed E-state index contributed by atoms with van der Waals surface area (Å²) in [5.74, 6) is 0. The Balaban J connectivity index is 2.84. The van der Waals surface area contributed by atoms with Crippen LogP contribution in [0.15, 0.2) is 12.1 Å². The molecule has 0 saturated heterocycles. The molecular formula is C13H23NOS. The van der Waals surface area contributed by atoms with Gasteiger partial charge in [0.2, 0.25) is 0 Å². The lowest BCUT2D eigenvalue weighted by Crippen LogP contribution is -2.34. The second kappa shape index (κ2) is 5.30. The zero-order valence-electron chi connectivity index (χ0n) is 10.9. The third-order valence-corrected chi connectivity index (χ3v) is 3.88. The summed E-state index contributed by atoms with van der Waals surface area (Å²) in [5.41, 5.74) is 5.91. The molecule has 2 unspecified atom stereocenters. The Labute approximate surface area is 103 Å². The largest absolute Gasteiger partial charge is 0.365 e. The van der Waals surface area contributed by atoms with Crippen LogP contribution in [-0.4, -0.2) is 11.6 Å². The van der Waals surface area contributed by atoms with E-state index in [9.17, 15) is 0 Å². The Morgan fingerprint density at radius 1 is 1.44 bits per heavy atom. The van der Waals surface area contributed by atoms with Gasteiger partial charge in [-0.05, 0) is 46.2 Å². The van der Waals surface area contributed by atoms with Gasteiger partial charge in [-0.3, -0.25) is 0 Å². The van der Waals surface area contributed by atoms with E-state index in [1.54, 1.807) is 11.3 Å². The topological polar surface area (TPSA) is 35.2 Å². The Kier molecular flexibility index (Phi) is 4.53. The summed E-state index contributed by atoms with van der Waals surface area (Å²) in [4.78, 5) is 2.53. The predicted octanol–water partition coefficient (Wildman–Crippen LogP) is 3.65. The molecule has 1 rings (SSSR count). The van der Waals surface area contributed by atoms with E-state index in [0.29, 0.717) is 0 Å². The second-order valence-corrected chi connectivity index (χ2v) is 6.28. The lowest BCUT2D eigenvalue weighted by molar-refractivity contribution is -0.0818. The fourth-order valence-corrected chi connectivity index (χ4v) is 2.48. The summed E-state index contributed by atoms with van der Waals surface area (Å²) < 4.78 is 6.13. The van der Waals surface area contributed by atoms with Gasteiger partial charge in [0.25, 0.3) is 0 Å². The first-order valence-electron chi connectivity index (χ1n) is 5.85. The maximum atomic E-state index is 6.13. The molecule has 0 aliphatic rings. The molecule has 0 saturated carbocycles. The van der Waals surface area contributed by atoms with Crippen molar-refractivity contribution >= 4 is 11.3 Å². The van der Waals surface area contributed by atoms with Crippen molar-refractivity contribution in [2.75, 3.05) is 0 Å². The Morgan fingerprint density at radius 3 is 2.44 bits per heavy atom. The molecule has 16 heavy (non-hydrogen) atoms. The van der Waals surface area contributed by atoms with Gasteiger partial charge in [0, 0.05) is 15.8 Å². The van der Waals surface area contributed by atoms with E-state index < -0.39 is 0 Å². The summed E-state index contributed by atoms with van der Waals surface area (Å²) >= 11 is 1.77. The third kappa shape index (κ3) is 3.58. The predicted molar refractivity (Wildman–Crippen MR) is 70.9 cm³/mol. The lowest BCUT2D eigenvalue weighted by atomic mass is 10.0. The summed E-state index contributed by atoms with van der Waals surface area (Å²) in [7, 11) is 0. The number of hydrogen-bond donors (Lipinski definition) is 1. The molecule has 0 fully saturated rings. The SMILES string of the molecule is CCC(C)(C)OC(c1ccc(C)s1)C(C)N. The van der Waals surface area contributed by atoms with Crippen molar-refractivity contribution in [1.29, 1.82) is 0 Å². The van der Waals surface area contributed by atoms with E-state index >= 15 is 0 Å². The molecule has 0 aromatic carbocycles. The van der Waals surface area contributed by atoms with Gasteiger partial charge in [-0.25, -0.2) is 0 Å². The van der Waals surface area contributed by atoms with Gasteiger partial charge in [-0.1, -0.05) is 6.92 Å². The van der Waals surface area contributed by atoms with Gasteiger partial charge in [0.1, 0.15) is 6.10 Å². The molecule has 92 valence electrons. The molecule has 0 radical (unpaired) electrons. The van der Waals surface area contributed by atoms with Gasteiger partial charge in [0.15, 0.2) is 0 Å². The number of hydrogen-bond acceptors (Lipinski definition) is 3. The van der Waals surface area contributed by atoms with Gasteiger partial charge >= 0.3 is 0 Å². The van der Waals surface area contributed by atoms with Gasteiger partial charge in [-0.15, -0.1) is 11.3 Å². The van der Waals surface area contributed by atoms with Crippen LogP contribution in [0, 0.1) is 6.92 Å². The third-order valence-electron chi connectivity index (χ3n) is 2.82. The summed E-state index contributed by atoms with van der Waals surface area (Å²) in [6, 6.07) is 4.26. The Morgan fingerprint density at radius 2 is 2.06 bits per heavy atom. The fourth-order valence-electron chi connectivity index (χ4n) is 1.46. The minimum absolute atomic E-state index is 0.00801. The van der Waals surface area contributed by atoms with Crippen LogP contribution in [0.1, 0.15) is 50.0 Å². The number of ether oxygens (including phenoxy) is 1. The monoisotopic (exact) mass is 241 g/mol. The molecule has 2 nitrogen and oxygen atoms in total. The Bertz CT molecular complexity index is 330. The maximum absolute atomic E-state index is 6.13. The number of aryl methyl sites for hydroxylation is 1. The smallest absolute Gasteiger partial charge is 0.107 e. The highest BCUT2D eigenvalue weighted by Crippen LogP contribution is 2.32. The minimum Gasteiger partial charge on any atom is -0.365 e. The average Bonchev–Trinajstić information content (AvgIpc) is 2.61. The van der Waals surface area contributed by atoms with Gasteiger partial charge < -0.3 is 10.5 Å². The molecule has 0 bridgehead atoms. The second-order valence-electron chi connectivity index (χ2n) is 4.96. The van der Waals surface area contributed by atoms with E-state index in [-0.39, 0.29) is 17.7 Å². The summed E-state index contributed by atoms with van der Waals surface area (Å²) in [5, 5.41) is 0. The first-order chi connectivity index (χ1) is 7.35. The van der Waals surface area contributed by atoms with E-state index in [4.69, 9.17) is 10.5 Å². The molecule has 0 spiro atoms. The Hall–Kier alpha value is -0.380. The molecule has 3 heteroatoms. The number of nitrogens with two attached hydrogens (primary N) is 1. The number of thiophene rings is 1. The van der Waals surface area contributed by atoms with E-state index in [1.165, 1.54) is 9.75 Å². The molecule has 0 aliphatic heterocycles. The van der Waals surface area contributed by atoms with Gasteiger partial charge in [0.05, 0.1) is 5.60 Å². The van der Waals surface area contributed by atoms with Crippen LogP contribution in [0.5, 0.6) is 0 Å². The molecule has 1 heterocycles. The highest BCUT2D eigenvalue weighted by atomic mass is 32.1. The molecule has 0 amide bonds. The van der Waals surface area contributed by atoms with Crippen LogP contribution < -0.4 is 5.73 Å². The van der Waals surface area contributed by atoms with Crippen molar-refractivity contribution in [3.05, 3.63) is 21.9 Å². The van der Waals surface area contributed by atoms with Crippen LogP contribution in [0.4, 0.5) is 0 Å². The van der Waals surface area contributed by atoms with Crippen molar-refractivity contribution < 1.29 is 4.74 Å². The molecular weight excluding hydrogens is 218 g/mol. The molecule has 2 atom stereocenters. The van der Waals surface area contributed by atoms with E-state index in [1.807, 2.05) is 6.92 Å². The van der Waals surface area contributed by atoms with Crippen molar-refractivity contribution in [3.8, 4) is 0 Å². The van der Waals surface area contributed by atoms with Crippen LogP contribution in [0.25, 0.3) is 0 Å². The standard InChI is InChI=1S/C13H23NOS/c1-6-13(4,5)15-12(10(3)14)11-8-7-9(2)16-11/h7-8,10,12H,6,14H2,1-5H3. The van der Waals surface area contributed by atoms with Crippen molar-refractivity contribution in [2.24, 2.45) is 5.73 Å². The van der Waals surface area contributed by atoms with Crippen LogP contribution in [0.2, 0.25) is 0 Å². The quantitative estimate of drug-likeness (QED) is 0.854. The fraction of sp³-hybridized carbons (Fsp3) is 0.692. The first-order valence-corrected chi connectivity index (χ1v) is 6.67. The van der Waals surface area contributed by atoms with E-state index in [2.05, 4.69) is 39.8 Å². The molecule has 1 aromatic rings. The molecule has 0 aliphatic carbocycles. The minimum atomic E-state index is -0.115. The van der Waals surface area contributed by atoms with Gasteiger partial charge in [-0.2, -0.15) is 0 Å².